The van der Waals surface area contributed by atoms with Crippen molar-refractivity contribution in [3.8, 4) is 12.3 Å². The normalized spacial score (nSPS) is 19.4. The van der Waals surface area contributed by atoms with E-state index in [1.54, 1.807) is 24.3 Å². The molecule has 1 heterocycles. The molecule has 0 aromatic heterocycles. The van der Waals surface area contributed by atoms with E-state index in [1.165, 1.54) is 0 Å². The minimum absolute atomic E-state index is 0.216. The van der Waals surface area contributed by atoms with E-state index in [4.69, 9.17) is 6.42 Å². The van der Waals surface area contributed by atoms with Gasteiger partial charge >= 0.3 is 6.03 Å². The Kier molecular flexibility index (Phi) is 2.61. The van der Waals surface area contributed by atoms with Crippen LogP contribution in [-0.2, 0) is 4.79 Å². The Morgan fingerprint density at radius 3 is 2.62 bits per heavy atom. The number of rotatable bonds is 2. The van der Waals surface area contributed by atoms with Gasteiger partial charge in [-0.25, -0.2) is 9.69 Å². The Balaban J connectivity index is 2.27. The standard InChI is InChI=1S/C12H10N2O2/c1-2-6-10-11(15)14(12(16)13-10)9-7-4-3-5-8-9/h1,3-5,7-8,10H,6H2,(H,13,16). The van der Waals surface area contributed by atoms with Crippen molar-refractivity contribution in [1.29, 1.82) is 0 Å². The Bertz CT molecular complexity index is 462. The molecule has 1 aliphatic rings. The molecule has 0 bridgehead atoms. The molecular formula is C12H10N2O2. The molecule has 1 unspecified atom stereocenters. The third-order valence-corrected chi connectivity index (χ3v) is 2.36. The van der Waals surface area contributed by atoms with E-state index >= 15 is 0 Å². The molecule has 1 atom stereocenters. The predicted molar refractivity (Wildman–Crippen MR) is 59.7 cm³/mol. The van der Waals surface area contributed by atoms with Crippen molar-refractivity contribution >= 4 is 17.6 Å². The maximum absolute atomic E-state index is 11.9. The molecular weight excluding hydrogens is 204 g/mol. The van der Waals surface area contributed by atoms with Crippen LogP contribution in [0.5, 0.6) is 0 Å². The molecule has 3 amide bonds. The molecule has 1 saturated heterocycles. The van der Waals surface area contributed by atoms with Crippen molar-refractivity contribution in [3.63, 3.8) is 0 Å². The van der Waals surface area contributed by atoms with E-state index in [-0.39, 0.29) is 12.3 Å². The molecule has 0 spiro atoms. The predicted octanol–water partition coefficient (Wildman–Crippen LogP) is 1.13. The van der Waals surface area contributed by atoms with Gasteiger partial charge < -0.3 is 5.32 Å². The Hall–Kier alpha value is -2.28. The van der Waals surface area contributed by atoms with Gasteiger partial charge in [-0.05, 0) is 12.1 Å². The van der Waals surface area contributed by atoms with E-state index in [2.05, 4.69) is 11.2 Å². The van der Waals surface area contributed by atoms with Crippen LogP contribution in [0.4, 0.5) is 10.5 Å². The lowest BCUT2D eigenvalue weighted by molar-refractivity contribution is -0.118. The van der Waals surface area contributed by atoms with Crippen LogP contribution >= 0.6 is 0 Å². The lowest BCUT2D eigenvalue weighted by Crippen LogP contribution is -2.31. The summed E-state index contributed by atoms with van der Waals surface area (Å²) in [5.74, 6) is 2.07. The molecule has 2 rings (SSSR count). The fourth-order valence-corrected chi connectivity index (χ4v) is 1.61. The first-order valence-corrected chi connectivity index (χ1v) is 4.87. The third-order valence-electron chi connectivity index (χ3n) is 2.36. The summed E-state index contributed by atoms with van der Waals surface area (Å²) in [5.41, 5.74) is 0.560. The van der Waals surface area contributed by atoms with Gasteiger partial charge in [0.05, 0.1) is 5.69 Å². The van der Waals surface area contributed by atoms with Gasteiger partial charge in [-0.2, -0.15) is 0 Å². The minimum Gasteiger partial charge on any atom is -0.324 e. The lowest BCUT2D eigenvalue weighted by Gasteiger charge is -2.11. The SMILES string of the molecule is C#CCC1NC(=O)N(c2ccccc2)C1=O. The van der Waals surface area contributed by atoms with E-state index in [9.17, 15) is 9.59 Å². The summed E-state index contributed by atoms with van der Waals surface area (Å²) in [6, 6.07) is 7.75. The second kappa shape index (κ2) is 4.07. The number of hydrogen-bond donors (Lipinski definition) is 1. The van der Waals surface area contributed by atoms with Crippen LogP contribution in [0.25, 0.3) is 0 Å². The zero-order chi connectivity index (χ0) is 11.5. The lowest BCUT2D eigenvalue weighted by atomic mass is 10.2. The second-order valence-corrected chi connectivity index (χ2v) is 3.42. The van der Waals surface area contributed by atoms with Crippen LogP contribution in [0.15, 0.2) is 30.3 Å². The van der Waals surface area contributed by atoms with E-state index in [0.29, 0.717) is 5.69 Å². The number of imide groups is 1. The van der Waals surface area contributed by atoms with Crippen molar-refractivity contribution in [2.24, 2.45) is 0 Å². The maximum Gasteiger partial charge on any atom is 0.329 e. The number of nitrogens with zero attached hydrogens (tertiary/aromatic N) is 1. The zero-order valence-corrected chi connectivity index (χ0v) is 8.51. The van der Waals surface area contributed by atoms with Gasteiger partial charge in [-0.15, -0.1) is 12.3 Å². The molecule has 1 aromatic carbocycles. The number of anilines is 1. The van der Waals surface area contributed by atoms with E-state index in [1.807, 2.05) is 6.07 Å². The summed E-state index contributed by atoms with van der Waals surface area (Å²) in [7, 11) is 0. The van der Waals surface area contributed by atoms with Crippen LogP contribution in [0, 0.1) is 12.3 Å². The van der Waals surface area contributed by atoms with Gasteiger partial charge in [-0.1, -0.05) is 18.2 Å². The fraction of sp³-hybridized carbons (Fsp3) is 0.167. The monoisotopic (exact) mass is 214 g/mol. The van der Waals surface area contributed by atoms with Gasteiger partial charge in [0, 0.05) is 6.42 Å². The molecule has 4 nitrogen and oxygen atoms in total. The van der Waals surface area contributed by atoms with Crippen LogP contribution in [0.1, 0.15) is 6.42 Å². The van der Waals surface area contributed by atoms with Crippen LogP contribution in [0.3, 0.4) is 0 Å². The quantitative estimate of drug-likeness (QED) is 0.592. The minimum atomic E-state index is -0.599. The Morgan fingerprint density at radius 2 is 2.00 bits per heavy atom. The summed E-state index contributed by atoms with van der Waals surface area (Å²) in [5, 5.41) is 2.55. The maximum atomic E-state index is 11.9. The number of para-hydroxylation sites is 1. The highest BCUT2D eigenvalue weighted by Crippen LogP contribution is 2.19. The first-order chi connectivity index (χ1) is 7.74. The first-order valence-electron chi connectivity index (χ1n) is 4.87. The van der Waals surface area contributed by atoms with Crippen molar-refractivity contribution in [3.05, 3.63) is 30.3 Å². The Morgan fingerprint density at radius 1 is 1.31 bits per heavy atom. The Labute approximate surface area is 93.2 Å². The van der Waals surface area contributed by atoms with Crippen molar-refractivity contribution in [2.45, 2.75) is 12.5 Å². The fourth-order valence-electron chi connectivity index (χ4n) is 1.61. The van der Waals surface area contributed by atoms with E-state index < -0.39 is 12.1 Å². The number of carbonyl (C=O) groups is 2. The van der Waals surface area contributed by atoms with Gasteiger partial charge in [-0.3, -0.25) is 4.79 Å². The number of nitrogens with one attached hydrogen (secondary N) is 1. The van der Waals surface area contributed by atoms with Gasteiger partial charge in [0.1, 0.15) is 6.04 Å². The molecule has 80 valence electrons. The number of carbonyl (C=O) groups excluding carboxylic acids is 2. The van der Waals surface area contributed by atoms with Crippen molar-refractivity contribution < 1.29 is 9.59 Å². The number of terminal acetylenes is 1. The summed E-state index contributed by atoms with van der Waals surface area (Å²) in [6.45, 7) is 0. The first kappa shape index (κ1) is 10.2. The third kappa shape index (κ3) is 1.63. The smallest absolute Gasteiger partial charge is 0.324 e. The molecule has 0 aliphatic carbocycles. The summed E-state index contributed by atoms with van der Waals surface area (Å²) >= 11 is 0. The van der Waals surface area contributed by atoms with Crippen molar-refractivity contribution in [1.82, 2.24) is 5.32 Å². The number of benzene rings is 1. The molecule has 1 aliphatic heterocycles. The topological polar surface area (TPSA) is 49.4 Å². The van der Waals surface area contributed by atoms with Crippen LogP contribution in [-0.4, -0.2) is 18.0 Å². The van der Waals surface area contributed by atoms with Crippen LogP contribution in [0.2, 0.25) is 0 Å². The molecule has 1 aromatic rings. The average Bonchev–Trinajstić information content (AvgIpc) is 2.56. The zero-order valence-electron chi connectivity index (χ0n) is 8.51. The van der Waals surface area contributed by atoms with E-state index in [0.717, 1.165) is 4.90 Å². The average molecular weight is 214 g/mol. The highest BCUT2D eigenvalue weighted by molar-refractivity contribution is 6.21. The second-order valence-electron chi connectivity index (χ2n) is 3.42. The molecule has 0 saturated carbocycles. The van der Waals surface area contributed by atoms with Gasteiger partial charge in [0.25, 0.3) is 5.91 Å². The number of amides is 3. The summed E-state index contributed by atoms with van der Waals surface area (Å²) in [6.07, 6.45) is 5.34. The largest absolute Gasteiger partial charge is 0.329 e. The molecule has 4 heteroatoms. The van der Waals surface area contributed by atoms with Gasteiger partial charge in [0.15, 0.2) is 0 Å². The highest BCUT2D eigenvalue weighted by Gasteiger charge is 2.38. The molecule has 1 fully saturated rings. The summed E-state index contributed by atoms with van der Waals surface area (Å²) in [4.78, 5) is 24.6. The molecule has 0 radical (unpaired) electrons. The molecule has 1 N–H and O–H groups in total. The summed E-state index contributed by atoms with van der Waals surface area (Å²) < 4.78 is 0. The number of hydrogen-bond acceptors (Lipinski definition) is 2. The van der Waals surface area contributed by atoms with Gasteiger partial charge in [0.2, 0.25) is 0 Å². The van der Waals surface area contributed by atoms with Crippen LogP contribution < -0.4 is 10.2 Å². The number of urea groups is 1. The molecule has 16 heavy (non-hydrogen) atoms. The highest BCUT2D eigenvalue weighted by atomic mass is 16.2. The van der Waals surface area contributed by atoms with Crippen molar-refractivity contribution in [2.75, 3.05) is 4.90 Å².